The molecule has 0 aliphatic carbocycles. The molecule has 0 amide bonds. The average Bonchev–Trinajstić information content (AvgIpc) is 2.40. The fourth-order valence-electron chi connectivity index (χ4n) is 1.57. The van der Waals surface area contributed by atoms with Gasteiger partial charge in [-0.05, 0) is 25.1 Å². The summed E-state index contributed by atoms with van der Waals surface area (Å²) in [5.74, 6) is 0.790. The van der Waals surface area contributed by atoms with Crippen LogP contribution in [0.4, 0.5) is 21.7 Å². The Labute approximate surface area is 124 Å². The van der Waals surface area contributed by atoms with E-state index in [-0.39, 0.29) is 12.4 Å². The zero-order valence-corrected chi connectivity index (χ0v) is 12.4. The van der Waals surface area contributed by atoms with E-state index in [1.807, 2.05) is 6.92 Å². The Morgan fingerprint density at radius 3 is 2.90 bits per heavy atom. The van der Waals surface area contributed by atoms with Gasteiger partial charge in [-0.2, -0.15) is 0 Å². The molecule has 7 heteroatoms. The predicted molar refractivity (Wildman–Crippen MR) is 79.2 cm³/mol. The smallest absolute Gasteiger partial charge is 0.158 e. The highest BCUT2D eigenvalue weighted by molar-refractivity contribution is 9.10. The van der Waals surface area contributed by atoms with Crippen molar-refractivity contribution in [2.75, 3.05) is 17.7 Å². The van der Waals surface area contributed by atoms with Crippen molar-refractivity contribution in [3.8, 4) is 0 Å². The van der Waals surface area contributed by atoms with Crippen molar-refractivity contribution >= 4 is 33.3 Å². The van der Waals surface area contributed by atoms with Gasteiger partial charge in [0.05, 0.1) is 5.69 Å². The second-order valence-electron chi connectivity index (χ2n) is 3.98. The van der Waals surface area contributed by atoms with Crippen LogP contribution in [-0.2, 0) is 11.3 Å². The van der Waals surface area contributed by atoms with Crippen LogP contribution in [0.5, 0.6) is 0 Å². The fourth-order valence-corrected chi connectivity index (χ4v) is 1.93. The molecule has 0 aliphatic rings. The summed E-state index contributed by atoms with van der Waals surface area (Å²) in [6, 6.07) is 6.14. The summed E-state index contributed by atoms with van der Waals surface area (Å²) >= 11 is 3.29. The van der Waals surface area contributed by atoms with Crippen LogP contribution >= 0.6 is 15.9 Å². The van der Waals surface area contributed by atoms with Crippen molar-refractivity contribution in [1.29, 1.82) is 0 Å². The number of hydrogen-bond acceptors (Lipinski definition) is 5. The molecule has 0 unspecified atom stereocenters. The molecular weight excluding hydrogens is 327 g/mol. The predicted octanol–water partition coefficient (Wildman–Crippen LogP) is 3.24. The lowest BCUT2D eigenvalue weighted by Gasteiger charge is -2.09. The number of nitrogens with zero attached hydrogens (tertiary/aromatic N) is 2. The van der Waals surface area contributed by atoms with Gasteiger partial charge in [0.25, 0.3) is 0 Å². The number of rotatable bonds is 5. The van der Waals surface area contributed by atoms with Gasteiger partial charge >= 0.3 is 0 Å². The maximum absolute atomic E-state index is 13.7. The van der Waals surface area contributed by atoms with Gasteiger partial charge in [0.15, 0.2) is 5.82 Å². The van der Waals surface area contributed by atoms with E-state index in [0.29, 0.717) is 29.8 Å². The van der Waals surface area contributed by atoms with Gasteiger partial charge in [0, 0.05) is 17.1 Å². The third-order valence-corrected chi connectivity index (χ3v) is 2.91. The van der Waals surface area contributed by atoms with Crippen LogP contribution in [0.25, 0.3) is 0 Å². The van der Waals surface area contributed by atoms with Crippen LogP contribution in [0.3, 0.4) is 0 Å². The maximum Gasteiger partial charge on any atom is 0.158 e. The molecule has 1 aromatic carbocycles. The molecule has 3 N–H and O–H groups in total. The van der Waals surface area contributed by atoms with Crippen LogP contribution in [-0.4, -0.2) is 16.6 Å². The number of ether oxygens (including phenoxy) is 1. The van der Waals surface area contributed by atoms with E-state index in [1.54, 1.807) is 12.1 Å². The van der Waals surface area contributed by atoms with E-state index >= 15 is 0 Å². The molecule has 106 valence electrons. The van der Waals surface area contributed by atoms with E-state index in [1.165, 1.54) is 12.1 Å². The van der Waals surface area contributed by atoms with Crippen LogP contribution in [0, 0.1) is 5.82 Å². The van der Waals surface area contributed by atoms with E-state index in [4.69, 9.17) is 10.5 Å². The van der Waals surface area contributed by atoms with E-state index in [9.17, 15) is 4.39 Å². The minimum atomic E-state index is -0.378. The number of halogens is 2. The van der Waals surface area contributed by atoms with Crippen molar-refractivity contribution in [2.24, 2.45) is 0 Å². The summed E-state index contributed by atoms with van der Waals surface area (Å²) < 4.78 is 19.7. The number of hydrogen-bond donors (Lipinski definition) is 2. The Bertz CT molecular complexity index is 609. The molecule has 0 spiro atoms. The van der Waals surface area contributed by atoms with E-state index in [2.05, 4.69) is 31.2 Å². The lowest BCUT2D eigenvalue weighted by atomic mass is 10.3. The minimum absolute atomic E-state index is 0.261. The largest absolute Gasteiger partial charge is 0.384 e. The van der Waals surface area contributed by atoms with Crippen LogP contribution < -0.4 is 11.1 Å². The molecule has 0 bridgehead atoms. The second-order valence-corrected chi connectivity index (χ2v) is 4.90. The van der Waals surface area contributed by atoms with E-state index in [0.717, 1.165) is 4.47 Å². The first-order valence-corrected chi connectivity index (χ1v) is 6.81. The first-order chi connectivity index (χ1) is 9.58. The zero-order chi connectivity index (χ0) is 14.5. The Hall–Kier alpha value is -1.73. The molecule has 0 radical (unpaired) electrons. The van der Waals surface area contributed by atoms with Crippen molar-refractivity contribution in [2.45, 2.75) is 13.5 Å². The van der Waals surface area contributed by atoms with Gasteiger partial charge in [-0.25, -0.2) is 14.4 Å². The highest BCUT2D eigenvalue weighted by atomic mass is 79.9. The Morgan fingerprint density at radius 1 is 1.35 bits per heavy atom. The van der Waals surface area contributed by atoms with Crippen molar-refractivity contribution in [1.82, 2.24) is 9.97 Å². The highest BCUT2D eigenvalue weighted by Crippen LogP contribution is 2.23. The number of anilines is 3. The normalized spacial score (nSPS) is 10.6. The third-order valence-electron chi connectivity index (χ3n) is 2.42. The monoisotopic (exact) mass is 340 g/mol. The lowest BCUT2D eigenvalue weighted by Crippen LogP contribution is -2.05. The van der Waals surface area contributed by atoms with Gasteiger partial charge in [-0.1, -0.05) is 15.9 Å². The number of benzene rings is 1. The van der Waals surface area contributed by atoms with Crippen LogP contribution in [0.15, 0.2) is 28.7 Å². The Balaban J connectivity index is 2.24. The van der Waals surface area contributed by atoms with Crippen molar-refractivity contribution in [3.63, 3.8) is 0 Å². The van der Waals surface area contributed by atoms with Gasteiger partial charge in [-0.3, -0.25) is 0 Å². The summed E-state index contributed by atoms with van der Waals surface area (Å²) in [6.07, 6.45) is 0. The fraction of sp³-hybridized carbons (Fsp3) is 0.231. The number of nitrogens with one attached hydrogen (secondary N) is 1. The molecule has 2 rings (SSSR count). The van der Waals surface area contributed by atoms with Crippen molar-refractivity contribution in [3.05, 3.63) is 40.4 Å². The van der Waals surface area contributed by atoms with Gasteiger partial charge in [0.1, 0.15) is 24.1 Å². The Kier molecular flexibility index (Phi) is 4.86. The zero-order valence-electron chi connectivity index (χ0n) is 10.9. The number of nitrogen functional groups attached to an aromatic ring is 1. The molecule has 2 aromatic rings. The number of aromatic nitrogens is 2. The SMILES string of the molecule is CCOCc1nc(N)cc(Nc2cc(Br)ccc2F)n1. The summed E-state index contributed by atoms with van der Waals surface area (Å²) in [7, 11) is 0. The first kappa shape index (κ1) is 14.7. The summed E-state index contributed by atoms with van der Waals surface area (Å²) in [6.45, 7) is 2.70. The minimum Gasteiger partial charge on any atom is -0.384 e. The topological polar surface area (TPSA) is 73.1 Å². The summed E-state index contributed by atoms with van der Waals surface area (Å²) in [5, 5.41) is 2.88. The lowest BCUT2D eigenvalue weighted by molar-refractivity contribution is 0.128. The van der Waals surface area contributed by atoms with Gasteiger partial charge < -0.3 is 15.8 Å². The van der Waals surface area contributed by atoms with Crippen molar-refractivity contribution < 1.29 is 9.13 Å². The molecule has 0 atom stereocenters. The maximum atomic E-state index is 13.7. The summed E-state index contributed by atoms with van der Waals surface area (Å²) in [4.78, 5) is 8.28. The molecular formula is C13H14BrFN4O. The molecule has 0 aliphatic heterocycles. The van der Waals surface area contributed by atoms with Crippen LogP contribution in [0.1, 0.15) is 12.7 Å². The molecule has 5 nitrogen and oxygen atoms in total. The second kappa shape index (κ2) is 6.62. The first-order valence-electron chi connectivity index (χ1n) is 6.01. The molecule has 0 saturated carbocycles. The standard InChI is InChI=1S/C13H14BrFN4O/c1-2-20-7-13-18-11(16)6-12(19-13)17-10-5-8(14)3-4-9(10)15/h3-6H,2,7H2,1H3,(H3,16,17,18,19). The van der Waals surface area contributed by atoms with Gasteiger partial charge in [0.2, 0.25) is 0 Å². The highest BCUT2D eigenvalue weighted by Gasteiger charge is 2.07. The van der Waals surface area contributed by atoms with E-state index < -0.39 is 0 Å². The third kappa shape index (κ3) is 3.88. The van der Waals surface area contributed by atoms with Crippen LogP contribution in [0.2, 0.25) is 0 Å². The molecule has 0 saturated heterocycles. The Morgan fingerprint density at radius 2 is 2.15 bits per heavy atom. The quantitative estimate of drug-likeness (QED) is 0.873. The molecule has 20 heavy (non-hydrogen) atoms. The average molecular weight is 341 g/mol. The molecule has 0 fully saturated rings. The summed E-state index contributed by atoms with van der Waals surface area (Å²) in [5.41, 5.74) is 6.01. The molecule has 1 aromatic heterocycles. The van der Waals surface area contributed by atoms with Gasteiger partial charge in [-0.15, -0.1) is 0 Å². The number of nitrogens with two attached hydrogens (primary N) is 1. The molecule has 1 heterocycles.